The summed E-state index contributed by atoms with van der Waals surface area (Å²) < 4.78 is 9.50. The van der Waals surface area contributed by atoms with E-state index in [0.29, 0.717) is 18.9 Å². The van der Waals surface area contributed by atoms with Gasteiger partial charge in [-0.1, -0.05) is 87.7 Å². The first-order chi connectivity index (χ1) is 22.4. The van der Waals surface area contributed by atoms with Gasteiger partial charge < -0.3 is 15.5 Å². The lowest BCUT2D eigenvalue weighted by atomic mass is 9.80. The largest absolute Gasteiger partial charge is 0.388 e. The Kier molecular flexibility index (Phi) is 15.5. The van der Waals surface area contributed by atoms with Crippen LogP contribution in [0.15, 0.2) is 84.6 Å². The van der Waals surface area contributed by atoms with Gasteiger partial charge in [0.25, 0.3) is 0 Å². The molecule has 6 heteroatoms. The van der Waals surface area contributed by atoms with Crippen LogP contribution in [0.5, 0.6) is 0 Å². The zero-order chi connectivity index (χ0) is 33.3. The van der Waals surface area contributed by atoms with E-state index in [1.807, 2.05) is 24.1 Å². The van der Waals surface area contributed by atoms with Gasteiger partial charge in [0.15, 0.2) is 5.78 Å². The van der Waals surface area contributed by atoms with E-state index in [1.165, 1.54) is 60.9 Å². The zero-order valence-electron chi connectivity index (χ0n) is 28.5. The third kappa shape index (κ3) is 11.1. The second kappa shape index (κ2) is 19.6. The summed E-state index contributed by atoms with van der Waals surface area (Å²) in [6.07, 6.45) is 12.6. The number of benzene rings is 3. The summed E-state index contributed by atoms with van der Waals surface area (Å²) in [5, 5.41) is 6.46. The van der Waals surface area contributed by atoms with Crippen molar-refractivity contribution in [3.8, 4) is 11.1 Å². The first kappa shape index (κ1) is 36.5. The molecule has 1 atom stereocenters. The summed E-state index contributed by atoms with van der Waals surface area (Å²) in [5.41, 5.74) is 8.39. The third-order valence-corrected chi connectivity index (χ3v) is 9.21. The van der Waals surface area contributed by atoms with Gasteiger partial charge in [-0.05, 0) is 91.3 Å². The smallest absolute Gasteiger partial charge is 0.209 e. The summed E-state index contributed by atoms with van der Waals surface area (Å²) in [6.45, 7) is 8.55. The molecule has 0 spiro atoms. The average molecular weight is 628 g/mol. The number of carbonyl (C=O) groups is 2. The van der Waals surface area contributed by atoms with Crippen LogP contribution in [0.3, 0.4) is 0 Å². The van der Waals surface area contributed by atoms with Crippen LogP contribution in [0, 0.1) is 11.8 Å². The number of Topliss-reactive ketones (excluding diaryl/α,β-unsaturated/α-hetero) is 1. The molecular weight excluding hydrogens is 573 g/mol. The van der Waals surface area contributed by atoms with Gasteiger partial charge in [-0.15, -0.1) is 0 Å². The number of nitrogens with zero attached hydrogens (tertiary/aromatic N) is 1. The number of nitrogens with one attached hydrogen (secondary N) is 2. The molecule has 1 saturated heterocycles. The summed E-state index contributed by atoms with van der Waals surface area (Å²) in [4.78, 5) is 24.3. The molecule has 0 bridgehead atoms. The predicted molar refractivity (Wildman–Crippen MR) is 192 cm³/mol. The van der Waals surface area contributed by atoms with Crippen molar-refractivity contribution < 1.29 is 14.0 Å². The highest BCUT2D eigenvalue weighted by molar-refractivity contribution is 5.98. The molecule has 6 rings (SSSR count). The van der Waals surface area contributed by atoms with Crippen LogP contribution in [-0.4, -0.2) is 44.4 Å². The van der Waals surface area contributed by atoms with Crippen molar-refractivity contribution in [3.63, 3.8) is 0 Å². The molecule has 1 aliphatic heterocycles. The maximum Gasteiger partial charge on any atom is 0.209 e. The van der Waals surface area contributed by atoms with Crippen molar-refractivity contribution >= 4 is 23.6 Å². The molecule has 0 radical (unpaired) electrons. The number of likely N-dealkylation sites (tertiary alicyclic amines) is 1. The van der Waals surface area contributed by atoms with Gasteiger partial charge in [0.1, 0.15) is 0 Å². The minimum atomic E-state index is 0.269. The lowest BCUT2D eigenvalue weighted by Gasteiger charge is -2.23. The number of ketones is 1. The highest BCUT2D eigenvalue weighted by atomic mass is 19.1. The van der Waals surface area contributed by atoms with Crippen LogP contribution in [0.1, 0.15) is 94.0 Å². The Bertz CT molecular complexity index is 1340. The minimum Gasteiger partial charge on any atom is -0.388 e. The molecule has 0 aromatic heterocycles. The highest BCUT2D eigenvalue weighted by Gasteiger charge is 2.26. The summed E-state index contributed by atoms with van der Waals surface area (Å²) in [5.74, 6) is 1.98. The Morgan fingerprint density at radius 3 is 1.87 bits per heavy atom. The number of hydrogen-bond donors (Lipinski definition) is 2. The van der Waals surface area contributed by atoms with Crippen molar-refractivity contribution in [2.24, 2.45) is 11.8 Å². The van der Waals surface area contributed by atoms with Gasteiger partial charge in [0, 0.05) is 49.2 Å². The van der Waals surface area contributed by atoms with E-state index < -0.39 is 0 Å². The van der Waals surface area contributed by atoms with Crippen molar-refractivity contribution in [1.82, 2.24) is 4.90 Å². The van der Waals surface area contributed by atoms with Crippen molar-refractivity contribution in [2.45, 2.75) is 78.1 Å². The molecule has 46 heavy (non-hydrogen) atoms. The maximum atomic E-state index is 12.3. The molecule has 3 fully saturated rings. The minimum absolute atomic E-state index is 0.269. The second-order valence-electron chi connectivity index (χ2n) is 12.6. The third-order valence-electron chi connectivity index (χ3n) is 9.21. The molecule has 248 valence electrons. The lowest BCUT2D eigenvalue weighted by Crippen LogP contribution is -2.21. The van der Waals surface area contributed by atoms with E-state index >= 15 is 0 Å². The molecule has 2 N–H and O–H groups in total. The SMILES string of the molecule is CCC1CCN(C=O)C1.CF.CNc1ccc(C(C)C)cc1.O=C(c1ccc(-c2ccc(NC=C3CCC3)cc2)cc1)C1CCC1. The van der Waals surface area contributed by atoms with Crippen LogP contribution in [-0.2, 0) is 4.79 Å². The number of carbonyl (C=O) groups excluding carboxylic acids is 2. The molecule has 3 aromatic rings. The molecular formula is C40H54FN3O2. The number of alkyl halides is 1. The molecule has 3 aromatic carbocycles. The van der Waals surface area contributed by atoms with E-state index in [0.717, 1.165) is 55.1 Å². The number of amides is 1. The molecule has 2 aliphatic carbocycles. The van der Waals surface area contributed by atoms with Crippen molar-refractivity contribution in [1.29, 1.82) is 0 Å². The number of rotatable bonds is 9. The number of halogens is 1. The Labute approximate surface area is 276 Å². The van der Waals surface area contributed by atoms with Crippen LogP contribution >= 0.6 is 0 Å². The van der Waals surface area contributed by atoms with Gasteiger partial charge in [-0.3, -0.25) is 14.0 Å². The maximum absolute atomic E-state index is 12.3. The normalized spacial score (nSPS) is 16.6. The average Bonchev–Trinajstić information content (AvgIpc) is 3.54. The van der Waals surface area contributed by atoms with Crippen LogP contribution < -0.4 is 10.6 Å². The molecule has 1 unspecified atom stereocenters. The first-order valence-corrected chi connectivity index (χ1v) is 16.9. The van der Waals surface area contributed by atoms with E-state index in [4.69, 9.17) is 0 Å². The Morgan fingerprint density at radius 2 is 1.46 bits per heavy atom. The van der Waals surface area contributed by atoms with Crippen LogP contribution in [0.25, 0.3) is 11.1 Å². The van der Waals surface area contributed by atoms with Gasteiger partial charge in [0.2, 0.25) is 6.41 Å². The first-order valence-electron chi connectivity index (χ1n) is 16.9. The molecule has 1 heterocycles. The Balaban J connectivity index is 0.000000217. The van der Waals surface area contributed by atoms with Crippen molar-refractivity contribution in [2.75, 3.05) is 37.9 Å². The standard InChI is InChI=1S/C22H23NO.C10H15N.C7H13NO.CH3F/c24-22(19-5-2-6-19)20-9-7-17(8-10-20)18-11-13-21(14-12-18)23-15-16-3-1-4-16;1-8(2)9-4-6-10(11-3)7-5-9;1-2-7-3-4-8(5-7)6-9;1-2/h7-15,19,23H,1-6H2;4-8,11H,1-3H3;6-7H,2-5H2,1H3;1H3. The van der Waals surface area contributed by atoms with E-state index in [9.17, 15) is 14.0 Å². The number of hydrogen-bond acceptors (Lipinski definition) is 4. The summed E-state index contributed by atoms with van der Waals surface area (Å²) in [6, 6.07) is 25.1. The fourth-order valence-electron chi connectivity index (χ4n) is 5.53. The van der Waals surface area contributed by atoms with Gasteiger partial charge in [-0.2, -0.15) is 0 Å². The second-order valence-corrected chi connectivity index (χ2v) is 12.6. The Morgan fingerprint density at radius 1 is 0.870 bits per heavy atom. The molecule has 1 amide bonds. The van der Waals surface area contributed by atoms with Crippen LogP contribution in [0.2, 0.25) is 0 Å². The van der Waals surface area contributed by atoms with E-state index in [2.05, 4.69) is 98.3 Å². The van der Waals surface area contributed by atoms with E-state index in [1.54, 1.807) is 0 Å². The summed E-state index contributed by atoms with van der Waals surface area (Å²) >= 11 is 0. The fraction of sp³-hybridized carbons (Fsp3) is 0.450. The molecule has 2 saturated carbocycles. The summed E-state index contributed by atoms with van der Waals surface area (Å²) in [7, 11) is 2.43. The van der Waals surface area contributed by atoms with Crippen molar-refractivity contribution in [3.05, 3.63) is 95.7 Å². The monoisotopic (exact) mass is 627 g/mol. The molecule has 3 aliphatic rings. The van der Waals surface area contributed by atoms with Gasteiger partial charge in [-0.25, -0.2) is 0 Å². The Hall–Kier alpha value is -3.93. The molecule has 5 nitrogen and oxygen atoms in total. The zero-order valence-corrected chi connectivity index (χ0v) is 28.5. The lowest BCUT2D eigenvalue weighted by molar-refractivity contribution is -0.117. The number of allylic oxidation sites excluding steroid dienone is 1. The quantitative estimate of drug-likeness (QED) is 0.183. The number of anilines is 2. The fourth-order valence-corrected chi connectivity index (χ4v) is 5.53. The van der Waals surface area contributed by atoms with Crippen LogP contribution in [0.4, 0.5) is 15.8 Å². The predicted octanol–water partition coefficient (Wildman–Crippen LogP) is 10.1. The topological polar surface area (TPSA) is 61.4 Å². The van der Waals surface area contributed by atoms with Gasteiger partial charge in [0.05, 0.1) is 7.18 Å². The highest BCUT2D eigenvalue weighted by Crippen LogP contribution is 2.31. The van der Waals surface area contributed by atoms with E-state index in [-0.39, 0.29) is 5.92 Å². The van der Waals surface area contributed by atoms with Gasteiger partial charge >= 0.3 is 0 Å².